The first-order valence-electron chi connectivity index (χ1n) is 1.18. The lowest BCUT2D eigenvalue weighted by molar-refractivity contribution is 0.824. The number of hydrogen-bond acceptors (Lipinski definition) is 1. The van der Waals surface area contributed by atoms with Crippen LogP contribution in [0.2, 0.25) is 0 Å². The third kappa shape index (κ3) is 14.0. The van der Waals surface area contributed by atoms with Crippen molar-refractivity contribution in [1.82, 2.24) is 0 Å². The van der Waals surface area contributed by atoms with E-state index in [0.717, 1.165) is 0 Å². The van der Waals surface area contributed by atoms with Crippen molar-refractivity contribution >= 4 is 11.6 Å². The molecule has 3 heteroatoms. The van der Waals surface area contributed by atoms with Gasteiger partial charge in [0.1, 0.15) is 0 Å². The lowest BCUT2D eigenvalue weighted by Gasteiger charge is -1.68. The first-order valence-corrected chi connectivity index (χ1v) is 1.71. The van der Waals surface area contributed by atoms with Gasteiger partial charge in [-0.25, -0.2) is 0 Å². The second-order valence-corrected chi connectivity index (χ2v) is 0.856. The molecule has 0 aliphatic carbocycles. The standard InChI is InChI=1S/C2H6ClN.H2O/c3-1-2-4;/h1-2,4H2;1H2. The van der Waals surface area contributed by atoms with Gasteiger partial charge in [-0.1, -0.05) is 0 Å². The van der Waals surface area contributed by atoms with Gasteiger partial charge in [0.15, 0.2) is 0 Å². The van der Waals surface area contributed by atoms with E-state index < -0.39 is 0 Å². The fraction of sp³-hybridized carbons (Fsp3) is 1.00. The van der Waals surface area contributed by atoms with E-state index in [9.17, 15) is 0 Å². The van der Waals surface area contributed by atoms with Crippen LogP contribution in [0.1, 0.15) is 0 Å². The zero-order valence-corrected chi connectivity index (χ0v) is 3.63. The summed E-state index contributed by atoms with van der Waals surface area (Å²) in [5.41, 5.74) is 4.90. The molecule has 0 aromatic rings. The molecule has 0 amide bonds. The summed E-state index contributed by atoms with van der Waals surface area (Å²) >= 11 is 5.06. The Kier molecular flexibility index (Phi) is 15.9. The van der Waals surface area contributed by atoms with Gasteiger partial charge in [0.05, 0.1) is 0 Å². The minimum Gasteiger partial charge on any atom is -0.412 e. The van der Waals surface area contributed by atoms with Crippen LogP contribution in [0.25, 0.3) is 0 Å². The Balaban J connectivity index is 0. The second kappa shape index (κ2) is 8.88. The Morgan fingerprint density at radius 2 is 1.80 bits per heavy atom. The molecule has 0 unspecified atom stereocenters. The van der Waals surface area contributed by atoms with Crippen molar-refractivity contribution in [3.8, 4) is 0 Å². The highest BCUT2D eigenvalue weighted by atomic mass is 35.5. The summed E-state index contributed by atoms with van der Waals surface area (Å²) in [5, 5.41) is 0. The average Bonchev–Trinajstić information content (AvgIpc) is 1.37. The molecule has 0 saturated heterocycles. The molecule has 0 aromatic carbocycles. The van der Waals surface area contributed by atoms with E-state index >= 15 is 0 Å². The van der Waals surface area contributed by atoms with Crippen LogP contribution in [0.15, 0.2) is 0 Å². The fourth-order valence-corrected chi connectivity index (χ4v) is 0. The van der Waals surface area contributed by atoms with Crippen molar-refractivity contribution in [3.63, 3.8) is 0 Å². The predicted octanol–water partition coefficient (Wildman–Crippen LogP) is -0.641. The topological polar surface area (TPSA) is 57.5 Å². The maximum atomic E-state index is 5.06. The molecule has 0 rings (SSSR count). The average molecular weight is 97.5 g/mol. The lowest BCUT2D eigenvalue weighted by Crippen LogP contribution is -1.97. The number of alkyl halides is 1. The molecule has 0 atom stereocenters. The summed E-state index contributed by atoms with van der Waals surface area (Å²) in [7, 11) is 0. The lowest BCUT2D eigenvalue weighted by atomic mass is 10.8. The summed E-state index contributed by atoms with van der Waals surface area (Å²) in [6, 6.07) is 0. The molecule has 0 bridgehead atoms. The highest BCUT2D eigenvalue weighted by molar-refractivity contribution is 6.18. The minimum atomic E-state index is 0. The molecule has 0 radical (unpaired) electrons. The largest absolute Gasteiger partial charge is 0.412 e. The van der Waals surface area contributed by atoms with E-state index in [-0.39, 0.29) is 5.48 Å². The monoisotopic (exact) mass is 97.0 g/mol. The van der Waals surface area contributed by atoms with Crippen molar-refractivity contribution in [3.05, 3.63) is 0 Å². The van der Waals surface area contributed by atoms with Gasteiger partial charge < -0.3 is 11.2 Å². The molecule has 5 heavy (non-hydrogen) atoms. The van der Waals surface area contributed by atoms with E-state index in [4.69, 9.17) is 17.3 Å². The minimum absolute atomic E-state index is 0. The number of nitrogens with two attached hydrogens (primary N) is 1. The van der Waals surface area contributed by atoms with E-state index in [1.807, 2.05) is 0 Å². The SMILES string of the molecule is NCCCl.O. The predicted molar refractivity (Wildman–Crippen MR) is 23.4 cm³/mol. The summed E-state index contributed by atoms with van der Waals surface area (Å²) in [4.78, 5) is 0. The smallest absolute Gasteiger partial charge is 0.0346 e. The first kappa shape index (κ1) is 8.96. The molecule has 0 aliphatic rings. The van der Waals surface area contributed by atoms with E-state index in [2.05, 4.69) is 0 Å². The van der Waals surface area contributed by atoms with Gasteiger partial charge in [0, 0.05) is 12.4 Å². The molecule has 34 valence electrons. The molecule has 0 spiro atoms. The van der Waals surface area contributed by atoms with Crippen LogP contribution < -0.4 is 5.73 Å². The van der Waals surface area contributed by atoms with Crippen LogP contribution in [-0.2, 0) is 0 Å². The maximum absolute atomic E-state index is 5.06. The zero-order chi connectivity index (χ0) is 3.41. The van der Waals surface area contributed by atoms with Crippen molar-refractivity contribution < 1.29 is 5.48 Å². The first-order chi connectivity index (χ1) is 1.91. The van der Waals surface area contributed by atoms with Crippen LogP contribution in [0.3, 0.4) is 0 Å². The van der Waals surface area contributed by atoms with Gasteiger partial charge in [0.25, 0.3) is 0 Å². The van der Waals surface area contributed by atoms with Crippen molar-refractivity contribution in [2.45, 2.75) is 0 Å². The summed E-state index contributed by atoms with van der Waals surface area (Å²) in [6.45, 7) is 0.585. The Bertz CT molecular complexity index is 11.6. The van der Waals surface area contributed by atoms with Crippen molar-refractivity contribution in [1.29, 1.82) is 0 Å². The van der Waals surface area contributed by atoms with Crippen LogP contribution in [-0.4, -0.2) is 17.9 Å². The van der Waals surface area contributed by atoms with Gasteiger partial charge >= 0.3 is 0 Å². The molecule has 0 saturated carbocycles. The molecule has 4 N–H and O–H groups in total. The number of hydrogen-bond donors (Lipinski definition) is 1. The number of rotatable bonds is 1. The Labute approximate surface area is 36.2 Å². The van der Waals surface area contributed by atoms with Gasteiger partial charge in [-0.3, -0.25) is 0 Å². The molecular weight excluding hydrogens is 89.5 g/mol. The van der Waals surface area contributed by atoms with Gasteiger partial charge in [-0.05, 0) is 0 Å². The third-order valence-electron chi connectivity index (χ3n) is 0.109. The summed E-state index contributed by atoms with van der Waals surface area (Å²) in [5.74, 6) is 0.569. The Hall–Kier alpha value is 0.210. The second-order valence-electron chi connectivity index (χ2n) is 0.478. The summed E-state index contributed by atoms with van der Waals surface area (Å²) in [6.07, 6.45) is 0. The molecule has 2 nitrogen and oxygen atoms in total. The highest BCUT2D eigenvalue weighted by Gasteiger charge is 1.58. The molecule has 0 aliphatic heterocycles. The molecular formula is C2H8ClNO. The van der Waals surface area contributed by atoms with Crippen LogP contribution >= 0.6 is 11.6 Å². The van der Waals surface area contributed by atoms with Crippen LogP contribution in [0.5, 0.6) is 0 Å². The van der Waals surface area contributed by atoms with Crippen molar-refractivity contribution in [2.24, 2.45) is 5.73 Å². The van der Waals surface area contributed by atoms with E-state index in [1.165, 1.54) is 0 Å². The zero-order valence-electron chi connectivity index (χ0n) is 2.87. The van der Waals surface area contributed by atoms with Gasteiger partial charge in [-0.2, -0.15) is 0 Å². The molecule has 0 fully saturated rings. The summed E-state index contributed by atoms with van der Waals surface area (Å²) < 4.78 is 0. The molecule has 0 heterocycles. The van der Waals surface area contributed by atoms with Gasteiger partial charge in [-0.15, -0.1) is 11.6 Å². The van der Waals surface area contributed by atoms with E-state index in [0.29, 0.717) is 12.4 Å². The Morgan fingerprint density at radius 3 is 1.80 bits per heavy atom. The highest BCUT2D eigenvalue weighted by Crippen LogP contribution is 1.60. The Morgan fingerprint density at radius 1 is 1.60 bits per heavy atom. The number of halogens is 1. The molecule has 0 aromatic heterocycles. The quantitative estimate of drug-likeness (QED) is 0.435. The van der Waals surface area contributed by atoms with Crippen LogP contribution in [0.4, 0.5) is 0 Å². The third-order valence-corrected chi connectivity index (χ3v) is 0.327. The maximum Gasteiger partial charge on any atom is 0.0346 e. The van der Waals surface area contributed by atoms with E-state index in [1.54, 1.807) is 0 Å². The fourth-order valence-electron chi connectivity index (χ4n) is 0. The van der Waals surface area contributed by atoms with Crippen LogP contribution in [0, 0.1) is 0 Å². The van der Waals surface area contributed by atoms with Gasteiger partial charge in [0.2, 0.25) is 0 Å². The van der Waals surface area contributed by atoms with Crippen molar-refractivity contribution in [2.75, 3.05) is 12.4 Å². The normalized spacial score (nSPS) is 6.00.